The zero-order valence-corrected chi connectivity index (χ0v) is 18.6. The highest BCUT2D eigenvalue weighted by molar-refractivity contribution is 5.79. The van der Waals surface area contributed by atoms with Gasteiger partial charge < -0.3 is 14.6 Å². The van der Waals surface area contributed by atoms with Crippen molar-refractivity contribution in [2.24, 2.45) is 0 Å². The number of anilines is 2. The van der Waals surface area contributed by atoms with Crippen LogP contribution in [0.2, 0.25) is 0 Å². The van der Waals surface area contributed by atoms with Crippen molar-refractivity contribution >= 4 is 22.7 Å². The van der Waals surface area contributed by atoms with Gasteiger partial charge in [0.25, 0.3) is 0 Å². The van der Waals surface area contributed by atoms with E-state index in [4.69, 9.17) is 4.74 Å². The maximum atomic E-state index is 14.9. The highest BCUT2D eigenvalue weighted by Crippen LogP contribution is 2.25. The van der Waals surface area contributed by atoms with Crippen LogP contribution in [-0.4, -0.2) is 45.7 Å². The summed E-state index contributed by atoms with van der Waals surface area (Å²) in [6.07, 6.45) is 3.44. The van der Waals surface area contributed by atoms with E-state index < -0.39 is 11.6 Å². The van der Waals surface area contributed by atoms with Crippen LogP contribution in [0.25, 0.3) is 16.7 Å². The standard InChI is InChI=1S/C25H25F2N5O/c1-16-3-4-19(11-17(16)2)29-25-28-14-18-5-6-32(24(18)30-25)20-12-22(26)21(23(27)13-20)15-31-7-9-33-10-8-31/h3-6,11-14H,7-10,15H2,1-2H3,(H,28,29,30). The Morgan fingerprint density at radius 3 is 2.48 bits per heavy atom. The minimum Gasteiger partial charge on any atom is -0.379 e. The fourth-order valence-electron chi connectivity index (χ4n) is 4.00. The van der Waals surface area contributed by atoms with Crippen LogP contribution in [0, 0.1) is 25.5 Å². The van der Waals surface area contributed by atoms with Crippen LogP contribution in [-0.2, 0) is 11.3 Å². The van der Waals surface area contributed by atoms with Crippen molar-refractivity contribution in [1.29, 1.82) is 0 Å². The number of halogens is 2. The molecule has 0 amide bonds. The number of hydrogen-bond donors (Lipinski definition) is 1. The van der Waals surface area contributed by atoms with Gasteiger partial charge in [-0.1, -0.05) is 6.07 Å². The predicted octanol–water partition coefficient (Wildman–Crippen LogP) is 4.89. The van der Waals surface area contributed by atoms with Gasteiger partial charge in [-0.3, -0.25) is 4.90 Å². The fourth-order valence-corrected chi connectivity index (χ4v) is 4.00. The van der Waals surface area contributed by atoms with E-state index in [1.807, 2.05) is 36.1 Å². The van der Waals surface area contributed by atoms with Crippen molar-refractivity contribution < 1.29 is 13.5 Å². The van der Waals surface area contributed by atoms with E-state index in [0.29, 0.717) is 43.6 Å². The van der Waals surface area contributed by atoms with Crippen molar-refractivity contribution in [3.8, 4) is 5.69 Å². The molecule has 6 nitrogen and oxygen atoms in total. The molecule has 33 heavy (non-hydrogen) atoms. The molecule has 1 N–H and O–H groups in total. The van der Waals surface area contributed by atoms with Crippen molar-refractivity contribution in [1.82, 2.24) is 19.4 Å². The van der Waals surface area contributed by atoms with Crippen LogP contribution in [0.1, 0.15) is 16.7 Å². The maximum absolute atomic E-state index is 14.9. The average Bonchev–Trinajstić information content (AvgIpc) is 3.23. The number of aryl methyl sites for hydroxylation is 2. The summed E-state index contributed by atoms with van der Waals surface area (Å²) in [5.41, 5.74) is 4.25. The molecule has 1 aliphatic rings. The third-order valence-corrected chi connectivity index (χ3v) is 6.08. The molecule has 0 aliphatic carbocycles. The Kier molecular flexibility index (Phi) is 5.78. The molecule has 3 heterocycles. The fraction of sp³-hybridized carbons (Fsp3) is 0.280. The number of aromatic nitrogens is 3. The minimum atomic E-state index is -0.569. The number of fused-ring (bicyclic) bond motifs is 1. The normalized spacial score (nSPS) is 14.7. The highest BCUT2D eigenvalue weighted by Gasteiger charge is 2.18. The molecular formula is C25H25F2N5O. The minimum absolute atomic E-state index is 0.0730. The Balaban J connectivity index is 1.45. The Morgan fingerprint density at radius 2 is 1.76 bits per heavy atom. The molecule has 1 fully saturated rings. The van der Waals surface area contributed by atoms with E-state index in [-0.39, 0.29) is 12.1 Å². The Morgan fingerprint density at radius 1 is 1.00 bits per heavy atom. The van der Waals surface area contributed by atoms with Gasteiger partial charge in [0, 0.05) is 48.7 Å². The van der Waals surface area contributed by atoms with Gasteiger partial charge in [0.15, 0.2) is 0 Å². The molecule has 0 radical (unpaired) electrons. The first-order valence-electron chi connectivity index (χ1n) is 10.9. The van der Waals surface area contributed by atoms with Crippen LogP contribution in [0.3, 0.4) is 0 Å². The summed E-state index contributed by atoms with van der Waals surface area (Å²) in [6, 6.07) is 10.6. The molecule has 0 saturated carbocycles. The van der Waals surface area contributed by atoms with E-state index in [9.17, 15) is 8.78 Å². The molecule has 0 spiro atoms. The van der Waals surface area contributed by atoms with E-state index in [1.165, 1.54) is 17.7 Å². The van der Waals surface area contributed by atoms with Gasteiger partial charge in [-0.05, 0) is 55.3 Å². The molecule has 8 heteroatoms. The highest BCUT2D eigenvalue weighted by atomic mass is 19.1. The van der Waals surface area contributed by atoms with Crippen LogP contribution in [0.4, 0.5) is 20.4 Å². The number of hydrogen-bond acceptors (Lipinski definition) is 5. The van der Waals surface area contributed by atoms with Crippen molar-refractivity contribution in [2.45, 2.75) is 20.4 Å². The third-order valence-electron chi connectivity index (χ3n) is 6.08. The van der Waals surface area contributed by atoms with Gasteiger partial charge >= 0.3 is 0 Å². The lowest BCUT2D eigenvalue weighted by atomic mass is 10.1. The second-order valence-electron chi connectivity index (χ2n) is 8.36. The summed E-state index contributed by atoms with van der Waals surface area (Å²) in [6.45, 7) is 6.80. The molecule has 2 aromatic heterocycles. The van der Waals surface area contributed by atoms with E-state index in [0.717, 1.165) is 16.6 Å². The SMILES string of the molecule is Cc1ccc(Nc2ncc3ccn(-c4cc(F)c(CN5CCOCC5)c(F)c4)c3n2)cc1C. The van der Waals surface area contributed by atoms with E-state index in [1.54, 1.807) is 17.0 Å². The summed E-state index contributed by atoms with van der Waals surface area (Å²) in [7, 11) is 0. The van der Waals surface area contributed by atoms with Crippen molar-refractivity contribution in [3.05, 3.63) is 77.1 Å². The number of benzene rings is 2. The van der Waals surface area contributed by atoms with Gasteiger partial charge in [-0.15, -0.1) is 0 Å². The Bertz CT molecular complexity index is 1290. The molecule has 4 aromatic rings. The second kappa shape index (κ2) is 8.88. The first kappa shape index (κ1) is 21.5. The molecule has 1 aliphatic heterocycles. The zero-order chi connectivity index (χ0) is 22.9. The summed E-state index contributed by atoms with van der Waals surface area (Å²) >= 11 is 0. The predicted molar refractivity (Wildman–Crippen MR) is 124 cm³/mol. The molecule has 1 saturated heterocycles. The first-order chi connectivity index (χ1) is 16.0. The maximum Gasteiger partial charge on any atom is 0.229 e. The number of nitrogens with zero attached hydrogens (tertiary/aromatic N) is 4. The monoisotopic (exact) mass is 449 g/mol. The van der Waals surface area contributed by atoms with Crippen molar-refractivity contribution in [3.63, 3.8) is 0 Å². The number of morpholine rings is 1. The number of nitrogens with one attached hydrogen (secondary N) is 1. The molecule has 2 aromatic carbocycles. The van der Waals surface area contributed by atoms with Crippen LogP contribution in [0.15, 0.2) is 48.8 Å². The van der Waals surface area contributed by atoms with Gasteiger partial charge in [0.05, 0.1) is 18.9 Å². The molecule has 0 bridgehead atoms. The number of ether oxygens (including phenoxy) is 1. The lowest BCUT2D eigenvalue weighted by Gasteiger charge is -2.27. The smallest absolute Gasteiger partial charge is 0.229 e. The molecule has 5 rings (SSSR count). The quantitative estimate of drug-likeness (QED) is 0.470. The van der Waals surface area contributed by atoms with Gasteiger partial charge in [-0.25, -0.2) is 13.8 Å². The number of rotatable bonds is 5. The molecule has 170 valence electrons. The van der Waals surface area contributed by atoms with Gasteiger partial charge in [-0.2, -0.15) is 4.98 Å². The zero-order valence-electron chi connectivity index (χ0n) is 18.6. The van der Waals surface area contributed by atoms with Gasteiger partial charge in [0.2, 0.25) is 5.95 Å². The Hall–Kier alpha value is -3.36. The second-order valence-corrected chi connectivity index (χ2v) is 8.36. The largest absolute Gasteiger partial charge is 0.379 e. The lowest BCUT2D eigenvalue weighted by Crippen LogP contribution is -2.36. The van der Waals surface area contributed by atoms with Gasteiger partial charge in [0.1, 0.15) is 17.3 Å². The summed E-state index contributed by atoms with van der Waals surface area (Å²) < 4.78 is 36.9. The molecular weight excluding hydrogens is 424 g/mol. The van der Waals surface area contributed by atoms with Crippen molar-refractivity contribution in [2.75, 3.05) is 31.6 Å². The summed E-state index contributed by atoms with van der Waals surface area (Å²) in [5.74, 6) is -0.725. The van der Waals surface area contributed by atoms with E-state index >= 15 is 0 Å². The van der Waals surface area contributed by atoms with E-state index in [2.05, 4.69) is 22.2 Å². The first-order valence-corrected chi connectivity index (χ1v) is 10.9. The molecule has 0 atom stereocenters. The summed E-state index contributed by atoms with van der Waals surface area (Å²) in [5, 5.41) is 3.99. The van der Waals surface area contributed by atoms with Crippen LogP contribution >= 0.6 is 0 Å². The summed E-state index contributed by atoms with van der Waals surface area (Å²) in [4.78, 5) is 11.0. The topological polar surface area (TPSA) is 55.2 Å². The third kappa shape index (κ3) is 4.44. The average molecular weight is 450 g/mol. The van der Waals surface area contributed by atoms with Crippen LogP contribution in [0.5, 0.6) is 0 Å². The molecule has 0 unspecified atom stereocenters. The van der Waals surface area contributed by atoms with Crippen LogP contribution < -0.4 is 5.32 Å². The Labute approximate surface area is 190 Å². The lowest BCUT2D eigenvalue weighted by molar-refractivity contribution is 0.0332.